The summed E-state index contributed by atoms with van der Waals surface area (Å²) in [6, 6.07) is 18.1. The zero-order chi connectivity index (χ0) is 18.5. The molecule has 3 aromatic rings. The maximum Gasteiger partial charge on any atom is 0.225 e. The van der Waals surface area contributed by atoms with Crippen LogP contribution in [0.1, 0.15) is 33.2 Å². The summed E-state index contributed by atoms with van der Waals surface area (Å²) in [5.74, 6) is 0.724. The molecule has 134 valence electrons. The van der Waals surface area contributed by atoms with E-state index in [1.54, 1.807) is 18.4 Å². The molecule has 0 bridgehead atoms. The standard InChI is InChI=1S/C22H23NO2S/c1-15-6-9-17(10-7-15)22(20-5-4-12-26-20)23-21(24)14-18-13-16(2)8-11-19(18)25-3/h4-13,22H,14H2,1-3H3,(H,23,24). The summed E-state index contributed by atoms with van der Waals surface area (Å²) in [6.07, 6.45) is 0.290. The van der Waals surface area contributed by atoms with Gasteiger partial charge in [0.2, 0.25) is 5.91 Å². The van der Waals surface area contributed by atoms with Gasteiger partial charge in [-0.05, 0) is 36.9 Å². The predicted molar refractivity (Wildman–Crippen MR) is 107 cm³/mol. The summed E-state index contributed by atoms with van der Waals surface area (Å²) in [7, 11) is 1.63. The molecule has 1 heterocycles. The van der Waals surface area contributed by atoms with Crippen molar-refractivity contribution in [2.24, 2.45) is 0 Å². The van der Waals surface area contributed by atoms with E-state index < -0.39 is 0 Å². The Morgan fingerprint density at radius 2 is 1.81 bits per heavy atom. The summed E-state index contributed by atoms with van der Waals surface area (Å²) >= 11 is 1.65. The van der Waals surface area contributed by atoms with Gasteiger partial charge in [0.05, 0.1) is 19.6 Å². The number of ether oxygens (including phenoxy) is 1. The Morgan fingerprint density at radius 1 is 1.08 bits per heavy atom. The van der Waals surface area contributed by atoms with Gasteiger partial charge in [-0.1, -0.05) is 53.6 Å². The predicted octanol–water partition coefficient (Wildman–Crippen LogP) is 4.82. The summed E-state index contributed by atoms with van der Waals surface area (Å²) in [5, 5.41) is 5.22. The van der Waals surface area contributed by atoms with Crippen molar-refractivity contribution >= 4 is 17.2 Å². The third-order valence-electron chi connectivity index (χ3n) is 4.33. The number of thiophene rings is 1. The van der Waals surface area contributed by atoms with Gasteiger partial charge in [0, 0.05) is 10.4 Å². The molecule has 1 amide bonds. The molecular weight excluding hydrogens is 342 g/mol. The Hall–Kier alpha value is -2.59. The van der Waals surface area contributed by atoms with Crippen LogP contribution in [-0.2, 0) is 11.2 Å². The Morgan fingerprint density at radius 3 is 2.46 bits per heavy atom. The number of hydrogen-bond acceptors (Lipinski definition) is 3. The minimum Gasteiger partial charge on any atom is -0.496 e. The zero-order valence-electron chi connectivity index (χ0n) is 15.3. The van der Waals surface area contributed by atoms with Crippen LogP contribution in [0.5, 0.6) is 5.75 Å². The zero-order valence-corrected chi connectivity index (χ0v) is 16.1. The van der Waals surface area contributed by atoms with E-state index in [0.717, 1.165) is 27.3 Å². The van der Waals surface area contributed by atoms with Crippen LogP contribution in [0.15, 0.2) is 60.0 Å². The van der Waals surface area contributed by atoms with Gasteiger partial charge in [-0.3, -0.25) is 4.79 Å². The number of rotatable bonds is 6. The topological polar surface area (TPSA) is 38.3 Å². The lowest BCUT2D eigenvalue weighted by atomic mass is 10.0. The van der Waals surface area contributed by atoms with E-state index in [0.29, 0.717) is 6.42 Å². The second-order valence-corrected chi connectivity index (χ2v) is 7.40. The van der Waals surface area contributed by atoms with Crippen molar-refractivity contribution in [1.82, 2.24) is 5.32 Å². The van der Waals surface area contributed by atoms with Crippen molar-refractivity contribution in [2.75, 3.05) is 7.11 Å². The molecule has 0 aliphatic heterocycles. The largest absolute Gasteiger partial charge is 0.496 e. The SMILES string of the molecule is COc1ccc(C)cc1CC(=O)NC(c1ccc(C)cc1)c1cccs1. The molecule has 0 radical (unpaired) electrons. The van der Waals surface area contributed by atoms with Gasteiger partial charge in [-0.25, -0.2) is 0 Å². The van der Waals surface area contributed by atoms with Gasteiger partial charge in [0.1, 0.15) is 5.75 Å². The minimum atomic E-state index is -0.140. The molecule has 1 unspecified atom stereocenters. The quantitative estimate of drug-likeness (QED) is 0.680. The molecule has 0 saturated carbocycles. The number of nitrogens with one attached hydrogen (secondary N) is 1. The highest BCUT2D eigenvalue weighted by Gasteiger charge is 2.19. The molecule has 4 heteroatoms. The van der Waals surface area contributed by atoms with E-state index in [-0.39, 0.29) is 11.9 Å². The third kappa shape index (κ3) is 4.33. The Balaban J connectivity index is 1.82. The Bertz CT molecular complexity index is 870. The molecule has 0 fully saturated rings. The first-order chi connectivity index (χ1) is 12.6. The molecule has 1 aromatic heterocycles. The Kier molecular flexibility index (Phi) is 5.74. The van der Waals surface area contributed by atoms with Crippen molar-refractivity contribution in [3.05, 3.63) is 87.1 Å². The van der Waals surface area contributed by atoms with Gasteiger partial charge in [0.15, 0.2) is 0 Å². The number of carbonyl (C=O) groups excluding carboxylic acids is 1. The van der Waals surface area contributed by atoms with E-state index in [1.165, 1.54) is 5.56 Å². The molecule has 3 nitrogen and oxygen atoms in total. The lowest BCUT2D eigenvalue weighted by molar-refractivity contribution is -0.120. The molecule has 1 atom stereocenters. The molecule has 0 aliphatic carbocycles. The van der Waals surface area contributed by atoms with Crippen LogP contribution in [-0.4, -0.2) is 13.0 Å². The number of aryl methyl sites for hydroxylation is 2. The van der Waals surface area contributed by atoms with Crippen molar-refractivity contribution < 1.29 is 9.53 Å². The first-order valence-corrected chi connectivity index (χ1v) is 9.47. The lowest BCUT2D eigenvalue weighted by Gasteiger charge is -2.19. The molecular formula is C22H23NO2S. The number of hydrogen-bond donors (Lipinski definition) is 1. The maximum absolute atomic E-state index is 12.8. The smallest absolute Gasteiger partial charge is 0.225 e. The van der Waals surface area contributed by atoms with Crippen LogP contribution in [0.4, 0.5) is 0 Å². The van der Waals surface area contributed by atoms with Gasteiger partial charge < -0.3 is 10.1 Å². The number of carbonyl (C=O) groups is 1. The van der Waals surface area contributed by atoms with E-state index >= 15 is 0 Å². The van der Waals surface area contributed by atoms with Crippen LogP contribution < -0.4 is 10.1 Å². The highest BCUT2D eigenvalue weighted by molar-refractivity contribution is 7.10. The lowest BCUT2D eigenvalue weighted by Crippen LogP contribution is -2.30. The van der Waals surface area contributed by atoms with Crippen LogP contribution in [0.3, 0.4) is 0 Å². The van der Waals surface area contributed by atoms with Crippen molar-refractivity contribution in [3.63, 3.8) is 0 Å². The van der Waals surface area contributed by atoms with Crippen molar-refractivity contribution in [3.8, 4) is 5.75 Å². The van der Waals surface area contributed by atoms with Gasteiger partial charge in [-0.15, -0.1) is 11.3 Å². The molecule has 26 heavy (non-hydrogen) atoms. The van der Waals surface area contributed by atoms with Gasteiger partial charge >= 0.3 is 0 Å². The molecule has 0 aliphatic rings. The van der Waals surface area contributed by atoms with Crippen LogP contribution >= 0.6 is 11.3 Å². The van der Waals surface area contributed by atoms with Crippen LogP contribution in [0.2, 0.25) is 0 Å². The van der Waals surface area contributed by atoms with E-state index in [4.69, 9.17) is 4.74 Å². The number of benzene rings is 2. The highest BCUT2D eigenvalue weighted by atomic mass is 32.1. The van der Waals surface area contributed by atoms with Gasteiger partial charge in [0.25, 0.3) is 0 Å². The maximum atomic E-state index is 12.8. The number of methoxy groups -OCH3 is 1. The molecule has 0 saturated heterocycles. The average Bonchev–Trinajstić information content (AvgIpc) is 3.15. The second-order valence-electron chi connectivity index (χ2n) is 6.42. The summed E-state index contributed by atoms with van der Waals surface area (Å²) in [6.45, 7) is 4.08. The summed E-state index contributed by atoms with van der Waals surface area (Å²) < 4.78 is 5.40. The summed E-state index contributed by atoms with van der Waals surface area (Å²) in [5.41, 5.74) is 4.30. The number of amides is 1. The third-order valence-corrected chi connectivity index (χ3v) is 5.27. The molecule has 1 N–H and O–H groups in total. The molecule has 3 rings (SSSR count). The normalized spacial score (nSPS) is 11.8. The minimum absolute atomic E-state index is 0.0205. The monoisotopic (exact) mass is 365 g/mol. The van der Waals surface area contributed by atoms with E-state index in [2.05, 4.69) is 42.6 Å². The molecule has 0 spiro atoms. The fourth-order valence-corrected chi connectivity index (χ4v) is 3.77. The van der Waals surface area contributed by atoms with Crippen LogP contribution in [0, 0.1) is 13.8 Å². The first-order valence-electron chi connectivity index (χ1n) is 8.59. The first kappa shape index (κ1) is 18.2. The van der Waals surface area contributed by atoms with E-state index in [9.17, 15) is 4.79 Å². The van der Waals surface area contributed by atoms with Gasteiger partial charge in [-0.2, -0.15) is 0 Å². The second kappa shape index (κ2) is 8.19. The average molecular weight is 365 g/mol. The Labute approximate surface area is 158 Å². The fraction of sp³-hybridized carbons (Fsp3) is 0.227. The highest BCUT2D eigenvalue weighted by Crippen LogP contribution is 2.27. The fourth-order valence-electron chi connectivity index (χ4n) is 2.96. The molecule has 2 aromatic carbocycles. The summed E-state index contributed by atoms with van der Waals surface area (Å²) in [4.78, 5) is 13.9. The van der Waals surface area contributed by atoms with Crippen molar-refractivity contribution in [1.29, 1.82) is 0 Å². The van der Waals surface area contributed by atoms with Crippen LogP contribution in [0.25, 0.3) is 0 Å². The van der Waals surface area contributed by atoms with Crippen molar-refractivity contribution in [2.45, 2.75) is 26.3 Å². The van der Waals surface area contributed by atoms with E-state index in [1.807, 2.05) is 36.6 Å².